The topological polar surface area (TPSA) is 91.6 Å². The van der Waals surface area contributed by atoms with Crippen molar-refractivity contribution in [1.82, 2.24) is 24.5 Å². The fourth-order valence-electron chi connectivity index (χ4n) is 1.56. The average Bonchev–Trinajstić information content (AvgIpc) is 2.74. The quantitative estimate of drug-likeness (QED) is 0.833. The van der Waals surface area contributed by atoms with Gasteiger partial charge in [-0.1, -0.05) is 19.1 Å². The fourth-order valence-corrected chi connectivity index (χ4v) is 1.56. The number of nitrogens with zero attached hydrogens (tertiary/aromatic N) is 5. The van der Waals surface area contributed by atoms with E-state index in [1.807, 2.05) is 6.20 Å². The van der Waals surface area contributed by atoms with E-state index >= 15 is 0 Å². The zero-order valence-electron chi connectivity index (χ0n) is 10.7. The number of nitrogen functional groups attached to an aromatic ring is 1. The molecule has 7 nitrogen and oxygen atoms in total. The Bertz CT molecular complexity index is 612. The minimum absolute atomic E-state index is 0.236. The van der Waals surface area contributed by atoms with E-state index in [9.17, 15) is 4.79 Å². The third kappa shape index (κ3) is 2.39. The first-order valence-electron chi connectivity index (χ1n) is 5.69. The molecular formula is C11H16N6O. The number of aromatic nitrogens is 5. The van der Waals surface area contributed by atoms with Crippen LogP contribution in [0.3, 0.4) is 0 Å². The summed E-state index contributed by atoms with van der Waals surface area (Å²) in [4.78, 5) is 15.0. The van der Waals surface area contributed by atoms with Crippen molar-refractivity contribution >= 4 is 5.82 Å². The lowest BCUT2D eigenvalue weighted by Crippen LogP contribution is -2.23. The summed E-state index contributed by atoms with van der Waals surface area (Å²) < 4.78 is 3.08. The van der Waals surface area contributed by atoms with Crippen LogP contribution in [0.4, 0.5) is 5.82 Å². The highest BCUT2D eigenvalue weighted by atomic mass is 16.1. The summed E-state index contributed by atoms with van der Waals surface area (Å²) in [7, 11) is 1.64. The predicted octanol–water partition coefficient (Wildman–Crippen LogP) is 0.126. The van der Waals surface area contributed by atoms with Crippen molar-refractivity contribution in [3.05, 3.63) is 34.1 Å². The van der Waals surface area contributed by atoms with E-state index < -0.39 is 0 Å². The molecule has 96 valence electrons. The zero-order chi connectivity index (χ0) is 13.3. The number of anilines is 1. The monoisotopic (exact) mass is 248 g/mol. The number of rotatable bonds is 3. The highest BCUT2D eigenvalue weighted by Crippen LogP contribution is 2.11. The van der Waals surface area contributed by atoms with Crippen LogP contribution in [0, 0.1) is 0 Å². The molecule has 7 heteroatoms. The number of hydrogen-bond acceptors (Lipinski definition) is 5. The molecule has 0 aliphatic carbocycles. The molecular weight excluding hydrogens is 232 g/mol. The van der Waals surface area contributed by atoms with Gasteiger partial charge in [-0.3, -0.25) is 0 Å². The Kier molecular flexibility index (Phi) is 3.14. The second kappa shape index (κ2) is 4.59. The molecule has 0 unspecified atom stereocenters. The smallest absolute Gasteiger partial charge is 0.349 e. The Hall–Kier alpha value is -2.18. The first-order valence-corrected chi connectivity index (χ1v) is 5.69. The summed E-state index contributed by atoms with van der Waals surface area (Å²) >= 11 is 0. The summed E-state index contributed by atoms with van der Waals surface area (Å²) in [5.74, 6) is 0.564. The molecule has 2 aromatic rings. The molecule has 0 spiro atoms. The van der Waals surface area contributed by atoms with Crippen LogP contribution in [0.25, 0.3) is 0 Å². The van der Waals surface area contributed by atoms with Gasteiger partial charge in [0.15, 0.2) is 0 Å². The van der Waals surface area contributed by atoms with Crippen molar-refractivity contribution in [1.29, 1.82) is 0 Å². The van der Waals surface area contributed by atoms with Gasteiger partial charge in [-0.25, -0.2) is 9.48 Å². The van der Waals surface area contributed by atoms with E-state index in [0.717, 1.165) is 11.3 Å². The molecule has 0 aliphatic heterocycles. The number of hydrogen-bond donors (Lipinski definition) is 1. The van der Waals surface area contributed by atoms with Crippen molar-refractivity contribution in [2.24, 2.45) is 7.05 Å². The first-order chi connectivity index (χ1) is 8.47. The van der Waals surface area contributed by atoms with E-state index in [2.05, 4.69) is 29.1 Å². The minimum atomic E-state index is -0.363. The molecule has 2 N–H and O–H groups in total. The second-order valence-electron chi connectivity index (χ2n) is 4.54. The summed E-state index contributed by atoms with van der Waals surface area (Å²) in [6, 6.07) is 0. The Morgan fingerprint density at radius 1 is 1.39 bits per heavy atom. The third-order valence-corrected chi connectivity index (χ3v) is 2.68. The Morgan fingerprint density at radius 3 is 2.72 bits per heavy atom. The predicted molar refractivity (Wildman–Crippen MR) is 67.1 cm³/mol. The fraction of sp³-hybridized carbons (Fsp3) is 0.455. The first kappa shape index (κ1) is 12.3. The second-order valence-corrected chi connectivity index (χ2v) is 4.54. The van der Waals surface area contributed by atoms with Gasteiger partial charge in [-0.05, 0) is 5.92 Å². The van der Waals surface area contributed by atoms with Gasteiger partial charge in [0.2, 0.25) is 0 Å². The summed E-state index contributed by atoms with van der Waals surface area (Å²) in [5, 5.41) is 8.09. The van der Waals surface area contributed by atoms with Crippen molar-refractivity contribution in [2.75, 3.05) is 5.73 Å². The lowest BCUT2D eigenvalue weighted by atomic mass is 10.2. The number of nitrogens with two attached hydrogens (primary N) is 1. The van der Waals surface area contributed by atoms with Crippen LogP contribution < -0.4 is 11.4 Å². The molecule has 2 rings (SSSR count). The van der Waals surface area contributed by atoms with E-state index in [-0.39, 0.29) is 11.5 Å². The van der Waals surface area contributed by atoms with Crippen LogP contribution in [0.5, 0.6) is 0 Å². The Balaban J connectivity index is 2.28. The maximum Gasteiger partial charge on any atom is 0.349 e. The van der Waals surface area contributed by atoms with Crippen molar-refractivity contribution in [3.63, 3.8) is 0 Å². The molecule has 0 amide bonds. The summed E-state index contributed by atoms with van der Waals surface area (Å²) in [5.41, 5.74) is 7.03. The van der Waals surface area contributed by atoms with Gasteiger partial charge in [-0.2, -0.15) is 4.98 Å². The molecule has 0 atom stereocenters. The molecule has 18 heavy (non-hydrogen) atoms. The number of aryl methyl sites for hydroxylation is 1. The molecule has 2 heterocycles. The highest BCUT2D eigenvalue weighted by molar-refractivity contribution is 5.36. The zero-order valence-corrected chi connectivity index (χ0v) is 10.7. The van der Waals surface area contributed by atoms with Gasteiger partial charge >= 0.3 is 5.69 Å². The lowest BCUT2D eigenvalue weighted by molar-refractivity contribution is 0.639. The maximum absolute atomic E-state index is 11.3. The van der Waals surface area contributed by atoms with E-state index in [0.29, 0.717) is 12.5 Å². The van der Waals surface area contributed by atoms with Crippen LogP contribution in [0.2, 0.25) is 0 Å². The normalized spacial score (nSPS) is 11.1. The third-order valence-electron chi connectivity index (χ3n) is 2.68. The van der Waals surface area contributed by atoms with E-state index in [1.54, 1.807) is 17.9 Å². The molecule has 0 bridgehead atoms. The van der Waals surface area contributed by atoms with E-state index in [4.69, 9.17) is 5.73 Å². The molecule has 0 aromatic carbocycles. The molecule has 0 fully saturated rings. The molecule has 2 aromatic heterocycles. The molecule has 0 saturated heterocycles. The van der Waals surface area contributed by atoms with Crippen LogP contribution in [-0.4, -0.2) is 24.5 Å². The van der Waals surface area contributed by atoms with E-state index in [1.165, 1.54) is 4.57 Å². The summed E-state index contributed by atoms with van der Waals surface area (Å²) in [6.07, 6.45) is 3.54. The van der Waals surface area contributed by atoms with Crippen LogP contribution in [0.15, 0.2) is 17.2 Å². The SMILES string of the molecule is CC(C)c1cn(Cc2cn(C)c(=O)nc2N)nn1. The van der Waals surface area contributed by atoms with Crippen LogP contribution >= 0.6 is 0 Å². The molecule has 0 aliphatic rings. The van der Waals surface area contributed by atoms with Crippen molar-refractivity contribution in [3.8, 4) is 0 Å². The average molecular weight is 248 g/mol. The van der Waals surface area contributed by atoms with Gasteiger partial charge in [0, 0.05) is 25.0 Å². The van der Waals surface area contributed by atoms with Gasteiger partial charge in [0.05, 0.1) is 12.2 Å². The van der Waals surface area contributed by atoms with Crippen LogP contribution in [0.1, 0.15) is 31.0 Å². The molecule has 0 saturated carbocycles. The van der Waals surface area contributed by atoms with Gasteiger partial charge in [-0.15, -0.1) is 5.10 Å². The Morgan fingerprint density at radius 2 is 2.11 bits per heavy atom. The van der Waals surface area contributed by atoms with Crippen molar-refractivity contribution < 1.29 is 0 Å². The van der Waals surface area contributed by atoms with Crippen molar-refractivity contribution in [2.45, 2.75) is 26.3 Å². The summed E-state index contributed by atoms with van der Waals surface area (Å²) in [6.45, 7) is 4.56. The van der Waals surface area contributed by atoms with Gasteiger partial charge in [0.25, 0.3) is 0 Å². The maximum atomic E-state index is 11.3. The lowest BCUT2D eigenvalue weighted by Gasteiger charge is -2.06. The Labute approximate surface area is 104 Å². The van der Waals surface area contributed by atoms with Crippen LogP contribution in [-0.2, 0) is 13.6 Å². The molecule has 0 radical (unpaired) electrons. The van der Waals surface area contributed by atoms with Gasteiger partial charge in [0.1, 0.15) is 5.82 Å². The standard InChI is InChI=1S/C11H16N6O/c1-7(2)9-6-17(15-14-9)5-8-4-16(3)11(18)13-10(8)12/h4,6-7H,5H2,1-3H3,(H2,12,13,18). The highest BCUT2D eigenvalue weighted by Gasteiger charge is 2.08. The van der Waals surface area contributed by atoms with Gasteiger partial charge < -0.3 is 10.3 Å². The minimum Gasteiger partial charge on any atom is -0.383 e. The largest absolute Gasteiger partial charge is 0.383 e.